The van der Waals surface area contributed by atoms with Crippen LogP contribution in [0.3, 0.4) is 0 Å². The molecule has 1 rings (SSSR count). The van der Waals surface area contributed by atoms with Gasteiger partial charge in [0.2, 0.25) is 0 Å². The fourth-order valence-electron chi connectivity index (χ4n) is 5.42. The molecule has 0 N–H and O–H groups in total. The first-order valence-corrected chi connectivity index (χ1v) is 14.9. The van der Waals surface area contributed by atoms with Crippen molar-refractivity contribution < 1.29 is 9.53 Å². The number of carbonyl (C=O) groups excluding carboxylic acids is 1. The second-order valence-corrected chi connectivity index (χ2v) is 11.0. The lowest BCUT2D eigenvalue weighted by atomic mass is 9.99. The van der Waals surface area contributed by atoms with Gasteiger partial charge in [-0.25, -0.2) is 0 Å². The van der Waals surface area contributed by atoms with Crippen LogP contribution in [0.2, 0.25) is 0 Å². The van der Waals surface area contributed by atoms with Crippen LogP contribution in [0.4, 0.5) is 0 Å². The molecule has 3 nitrogen and oxygen atoms in total. The molecule has 0 aromatic rings. The van der Waals surface area contributed by atoms with Crippen molar-refractivity contribution in [2.75, 3.05) is 20.7 Å². The number of unbranched alkanes of at least 4 members (excludes halogenated alkanes) is 12. The topological polar surface area (TPSA) is 29.5 Å². The SMILES string of the molecule is CCCCCCCCC1CC1CCCCCCCC(CCCCCCC(=O)OCC)N(C)C. The molecule has 0 aromatic carbocycles. The van der Waals surface area contributed by atoms with E-state index in [1.165, 1.54) is 109 Å². The Morgan fingerprint density at radius 1 is 0.727 bits per heavy atom. The number of ether oxygens (including phenoxy) is 1. The number of hydrogen-bond acceptors (Lipinski definition) is 3. The highest BCUT2D eigenvalue weighted by Gasteiger charge is 2.34. The van der Waals surface area contributed by atoms with Crippen LogP contribution in [0.25, 0.3) is 0 Å². The second-order valence-electron chi connectivity index (χ2n) is 11.0. The second kappa shape index (κ2) is 20.8. The van der Waals surface area contributed by atoms with Crippen LogP contribution in [0.15, 0.2) is 0 Å². The zero-order valence-electron chi connectivity index (χ0n) is 23.1. The van der Waals surface area contributed by atoms with Crippen molar-refractivity contribution in [1.29, 1.82) is 0 Å². The maximum Gasteiger partial charge on any atom is 0.305 e. The van der Waals surface area contributed by atoms with Gasteiger partial charge in [0.25, 0.3) is 0 Å². The Hall–Kier alpha value is -0.570. The highest BCUT2D eigenvalue weighted by atomic mass is 16.5. The highest BCUT2D eigenvalue weighted by molar-refractivity contribution is 5.69. The molecule has 1 fully saturated rings. The molecule has 0 amide bonds. The summed E-state index contributed by atoms with van der Waals surface area (Å²) in [5, 5.41) is 0. The molecule has 3 unspecified atom stereocenters. The third-order valence-corrected chi connectivity index (χ3v) is 7.81. The van der Waals surface area contributed by atoms with Crippen molar-refractivity contribution in [3.05, 3.63) is 0 Å². The molecule has 0 heterocycles. The minimum absolute atomic E-state index is 0.0335. The van der Waals surface area contributed by atoms with Crippen LogP contribution in [0, 0.1) is 11.8 Å². The molecule has 0 aromatic heterocycles. The quantitative estimate of drug-likeness (QED) is 0.105. The lowest BCUT2D eigenvalue weighted by Gasteiger charge is -2.24. The molecule has 33 heavy (non-hydrogen) atoms. The summed E-state index contributed by atoms with van der Waals surface area (Å²) in [5.74, 6) is 2.16. The van der Waals surface area contributed by atoms with E-state index in [4.69, 9.17) is 4.74 Å². The van der Waals surface area contributed by atoms with Crippen LogP contribution in [0.5, 0.6) is 0 Å². The van der Waals surface area contributed by atoms with E-state index in [0.717, 1.165) is 30.7 Å². The Labute approximate surface area is 207 Å². The molecule has 3 heteroatoms. The van der Waals surface area contributed by atoms with Crippen molar-refractivity contribution in [2.24, 2.45) is 11.8 Å². The van der Waals surface area contributed by atoms with E-state index in [9.17, 15) is 4.79 Å². The van der Waals surface area contributed by atoms with Gasteiger partial charge in [-0.05, 0) is 58.5 Å². The number of rotatable bonds is 24. The van der Waals surface area contributed by atoms with Crippen molar-refractivity contribution in [3.63, 3.8) is 0 Å². The molecular weight excluding hydrogens is 406 g/mol. The first kappa shape index (κ1) is 30.5. The summed E-state index contributed by atoms with van der Waals surface area (Å²) < 4.78 is 5.00. The van der Waals surface area contributed by atoms with E-state index < -0.39 is 0 Å². The summed E-state index contributed by atoms with van der Waals surface area (Å²) in [4.78, 5) is 13.8. The summed E-state index contributed by atoms with van der Waals surface area (Å²) in [6.07, 6.45) is 28.3. The number of hydrogen-bond donors (Lipinski definition) is 0. The van der Waals surface area contributed by atoms with E-state index in [2.05, 4.69) is 25.9 Å². The lowest BCUT2D eigenvalue weighted by molar-refractivity contribution is -0.143. The van der Waals surface area contributed by atoms with Gasteiger partial charge in [-0.1, -0.05) is 110 Å². The molecule has 0 bridgehead atoms. The smallest absolute Gasteiger partial charge is 0.305 e. The fourth-order valence-corrected chi connectivity index (χ4v) is 5.42. The number of carbonyl (C=O) groups is 1. The molecule has 0 radical (unpaired) electrons. The molecule has 1 aliphatic rings. The molecule has 3 atom stereocenters. The first-order chi connectivity index (χ1) is 16.1. The maximum atomic E-state index is 11.4. The van der Waals surface area contributed by atoms with Gasteiger partial charge in [-0.3, -0.25) is 4.79 Å². The third kappa shape index (κ3) is 17.5. The van der Waals surface area contributed by atoms with E-state index in [1.54, 1.807) is 6.42 Å². The van der Waals surface area contributed by atoms with Crippen molar-refractivity contribution in [3.8, 4) is 0 Å². The van der Waals surface area contributed by atoms with Crippen LogP contribution >= 0.6 is 0 Å². The van der Waals surface area contributed by atoms with Gasteiger partial charge in [0.1, 0.15) is 0 Å². The van der Waals surface area contributed by atoms with Crippen molar-refractivity contribution in [2.45, 2.75) is 155 Å². The van der Waals surface area contributed by atoms with E-state index in [-0.39, 0.29) is 5.97 Å². The average Bonchev–Trinajstić information content (AvgIpc) is 3.54. The van der Waals surface area contributed by atoms with Crippen LogP contribution in [-0.4, -0.2) is 37.6 Å². The zero-order valence-corrected chi connectivity index (χ0v) is 23.1. The molecule has 1 saturated carbocycles. The summed E-state index contributed by atoms with van der Waals surface area (Å²) in [6, 6.07) is 0.726. The molecular formula is C30H59NO2. The zero-order chi connectivity index (χ0) is 24.2. The third-order valence-electron chi connectivity index (χ3n) is 7.81. The Bertz CT molecular complexity index is 451. The largest absolute Gasteiger partial charge is 0.466 e. The Kier molecular flexibility index (Phi) is 19.2. The van der Waals surface area contributed by atoms with Gasteiger partial charge >= 0.3 is 5.97 Å². The summed E-state index contributed by atoms with van der Waals surface area (Å²) in [5.41, 5.74) is 0. The van der Waals surface area contributed by atoms with E-state index in [0.29, 0.717) is 13.0 Å². The fraction of sp³-hybridized carbons (Fsp3) is 0.967. The van der Waals surface area contributed by atoms with Gasteiger partial charge in [0.15, 0.2) is 0 Å². The molecule has 0 saturated heterocycles. The van der Waals surface area contributed by atoms with Crippen LogP contribution in [0.1, 0.15) is 149 Å². The number of esters is 1. The first-order valence-electron chi connectivity index (χ1n) is 14.9. The molecule has 196 valence electrons. The van der Waals surface area contributed by atoms with Gasteiger partial charge < -0.3 is 9.64 Å². The number of nitrogens with zero attached hydrogens (tertiary/aromatic N) is 1. The van der Waals surface area contributed by atoms with Gasteiger partial charge in [-0.15, -0.1) is 0 Å². The predicted molar refractivity (Wildman–Crippen MR) is 144 cm³/mol. The molecule has 0 aliphatic heterocycles. The van der Waals surface area contributed by atoms with Crippen molar-refractivity contribution >= 4 is 5.97 Å². The van der Waals surface area contributed by atoms with Crippen molar-refractivity contribution in [1.82, 2.24) is 4.90 Å². The predicted octanol–water partition coefficient (Wildman–Crippen LogP) is 8.94. The monoisotopic (exact) mass is 465 g/mol. The Balaban J connectivity index is 1.90. The Morgan fingerprint density at radius 2 is 1.21 bits per heavy atom. The van der Waals surface area contributed by atoms with Gasteiger partial charge in [0, 0.05) is 12.5 Å². The molecule has 1 aliphatic carbocycles. The standard InChI is InChI=1S/C30H59NO2/c1-5-7-8-9-11-16-21-27-26-28(27)22-17-12-10-13-18-23-29(31(3)4)24-19-14-15-20-25-30(32)33-6-2/h27-29H,5-26H2,1-4H3. The van der Waals surface area contributed by atoms with Crippen LogP contribution in [-0.2, 0) is 9.53 Å². The minimum atomic E-state index is -0.0335. The minimum Gasteiger partial charge on any atom is -0.466 e. The van der Waals surface area contributed by atoms with Gasteiger partial charge in [0.05, 0.1) is 6.61 Å². The average molecular weight is 466 g/mol. The van der Waals surface area contributed by atoms with Crippen LogP contribution < -0.4 is 0 Å². The lowest BCUT2D eigenvalue weighted by Crippen LogP contribution is -2.27. The van der Waals surface area contributed by atoms with Gasteiger partial charge in [-0.2, -0.15) is 0 Å². The summed E-state index contributed by atoms with van der Waals surface area (Å²) in [6.45, 7) is 4.68. The maximum absolute atomic E-state index is 11.4. The Morgan fingerprint density at radius 3 is 1.73 bits per heavy atom. The molecule has 0 spiro atoms. The van der Waals surface area contributed by atoms with E-state index in [1.807, 2.05) is 6.92 Å². The van der Waals surface area contributed by atoms with E-state index >= 15 is 0 Å². The summed E-state index contributed by atoms with van der Waals surface area (Å²) in [7, 11) is 4.48. The highest BCUT2D eigenvalue weighted by Crippen LogP contribution is 2.45. The summed E-state index contributed by atoms with van der Waals surface area (Å²) >= 11 is 0. The normalized spacial score (nSPS) is 18.6.